The number of non-ortho nitro benzene ring substituents is 1. The fraction of sp³-hybridized carbons (Fsp3) is 0.278. The molecule has 0 aliphatic rings. The molecule has 1 heterocycles. The van der Waals surface area contributed by atoms with E-state index in [2.05, 4.69) is 29.1 Å². The summed E-state index contributed by atoms with van der Waals surface area (Å²) in [4.78, 5) is 12.8. The van der Waals surface area contributed by atoms with Crippen molar-refractivity contribution in [2.45, 2.75) is 26.6 Å². The van der Waals surface area contributed by atoms with Crippen LogP contribution in [0.2, 0.25) is 0 Å². The topological polar surface area (TPSA) is 64.2 Å². The summed E-state index contributed by atoms with van der Waals surface area (Å²) in [6.45, 7) is 4.62. The Kier molecular flexibility index (Phi) is 4.86. The predicted molar refractivity (Wildman–Crippen MR) is 93.5 cm³/mol. The van der Waals surface area contributed by atoms with Crippen LogP contribution in [0.5, 0.6) is 0 Å². The zero-order valence-corrected chi connectivity index (χ0v) is 13.6. The van der Waals surface area contributed by atoms with Gasteiger partial charge in [-0.15, -0.1) is 0 Å². The van der Waals surface area contributed by atoms with Gasteiger partial charge in [-0.1, -0.05) is 37.3 Å². The van der Waals surface area contributed by atoms with Crippen molar-refractivity contribution < 1.29 is 4.92 Å². The van der Waals surface area contributed by atoms with Gasteiger partial charge < -0.3 is 0 Å². The third kappa shape index (κ3) is 3.60. The van der Waals surface area contributed by atoms with Gasteiger partial charge in [-0.25, -0.2) is 0 Å². The molecule has 0 spiro atoms. The van der Waals surface area contributed by atoms with Gasteiger partial charge in [0.25, 0.3) is 5.69 Å². The molecule has 0 N–H and O–H groups in total. The van der Waals surface area contributed by atoms with E-state index in [0.29, 0.717) is 6.67 Å². The zero-order valence-electron chi connectivity index (χ0n) is 13.6. The summed E-state index contributed by atoms with van der Waals surface area (Å²) < 4.78 is 1.90. The summed E-state index contributed by atoms with van der Waals surface area (Å²) in [5, 5.41) is 16.1. The average molecular weight is 324 g/mol. The quantitative estimate of drug-likeness (QED) is 0.489. The van der Waals surface area contributed by atoms with Crippen LogP contribution in [0.4, 0.5) is 5.69 Å². The van der Waals surface area contributed by atoms with Gasteiger partial charge in [0.05, 0.1) is 23.3 Å². The maximum atomic E-state index is 10.9. The van der Waals surface area contributed by atoms with Crippen molar-refractivity contribution >= 4 is 16.6 Å². The van der Waals surface area contributed by atoms with Crippen LogP contribution in [0.1, 0.15) is 18.9 Å². The maximum absolute atomic E-state index is 10.9. The Balaban J connectivity index is 1.82. The molecule has 6 nitrogen and oxygen atoms in total. The van der Waals surface area contributed by atoms with Crippen LogP contribution in [0, 0.1) is 10.1 Å². The molecule has 3 rings (SSSR count). The lowest BCUT2D eigenvalue weighted by Gasteiger charge is -2.22. The Morgan fingerprint density at radius 2 is 2.00 bits per heavy atom. The van der Waals surface area contributed by atoms with Crippen molar-refractivity contribution in [2.24, 2.45) is 0 Å². The molecule has 0 amide bonds. The second-order valence-corrected chi connectivity index (χ2v) is 5.82. The first kappa shape index (κ1) is 16.1. The molecule has 0 bridgehead atoms. The van der Waals surface area contributed by atoms with Gasteiger partial charge in [-0.2, -0.15) is 5.10 Å². The Morgan fingerprint density at radius 3 is 2.71 bits per heavy atom. The molecule has 0 unspecified atom stereocenters. The summed E-state index contributed by atoms with van der Waals surface area (Å²) in [6, 6.07) is 15.2. The van der Waals surface area contributed by atoms with Crippen molar-refractivity contribution in [3.8, 4) is 0 Å². The minimum atomic E-state index is -0.379. The van der Waals surface area contributed by atoms with Gasteiger partial charge in [-0.3, -0.25) is 19.7 Å². The molecule has 0 radical (unpaired) electrons. The average Bonchev–Trinajstić information content (AvgIpc) is 2.98. The van der Waals surface area contributed by atoms with Gasteiger partial charge in [0.2, 0.25) is 0 Å². The van der Waals surface area contributed by atoms with E-state index >= 15 is 0 Å². The summed E-state index contributed by atoms with van der Waals surface area (Å²) in [6.07, 6.45) is 2.74. The number of nitrogens with zero attached hydrogens (tertiary/aromatic N) is 4. The highest BCUT2D eigenvalue weighted by atomic mass is 16.6. The lowest BCUT2D eigenvalue weighted by Crippen LogP contribution is -2.27. The summed E-state index contributed by atoms with van der Waals surface area (Å²) in [5.41, 5.74) is 2.27. The number of hydrogen-bond donors (Lipinski definition) is 0. The molecule has 1 aromatic heterocycles. The van der Waals surface area contributed by atoms with E-state index in [4.69, 9.17) is 0 Å². The molecule has 124 valence electrons. The molecule has 0 fully saturated rings. The molecule has 0 aliphatic heterocycles. The molecule has 2 aromatic carbocycles. The van der Waals surface area contributed by atoms with E-state index in [1.807, 2.05) is 22.9 Å². The van der Waals surface area contributed by atoms with Crippen LogP contribution in [0.3, 0.4) is 0 Å². The van der Waals surface area contributed by atoms with Crippen molar-refractivity contribution in [2.75, 3.05) is 6.54 Å². The number of nitro groups is 1. The monoisotopic (exact) mass is 324 g/mol. The normalized spacial score (nSPS) is 11.2. The molecular formula is C18H20N4O2. The smallest absolute Gasteiger partial charge is 0.270 e. The van der Waals surface area contributed by atoms with Gasteiger partial charge in [-0.05, 0) is 24.6 Å². The molecule has 0 saturated heterocycles. The first-order valence-corrected chi connectivity index (χ1v) is 8.03. The van der Waals surface area contributed by atoms with Crippen LogP contribution in [0.15, 0.2) is 54.7 Å². The fourth-order valence-corrected chi connectivity index (χ4v) is 2.85. The molecule has 3 aromatic rings. The largest absolute Gasteiger partial charge is 0.280 e. The highest BCUT2D eigenvalue weighted by Crippen LogP contribution is 2.21. The molecule has 24 heavy (non-hydrogen) atoms. The third-order valence-electron chi connectivity index (χ3n) is 3.96. The Bertz CT molecular complexity index is 829. The second kappa shape index (κ2) is 7.23. The molecule has 6 heteroatoms. The Labute approximate surface area is 140 Å². The number of fused-ring (bicyclic) bond motifs is 1. The SMILES string of the molecule is CCCN(Cc1ccccc1)Cn1ncc2cc([N+](=O)[O-])ccc21. The van der Waals surface area contributed by atoms with Crippen molar-refractivity contribution in [1.82, 2.24) is 14.7 Å². The van der Waals surface area contributed by atoms with E-state index in [1.54, 1.807) is 18.3 Å². The molecule has 0 saturated carbocycles. The lowest BCUT2D eigenvalue weighted by molar-refractivity contribution is -0.384. The van der Waals surface area contributed by atoms with E-state index in [0.717, 1.165) is 30.4 Å². The van der Waals surface area contributed by atoms with Crippen LogP contribution in [-0.2, 0) is 13.2 Å². The van der Waals surface area contributed by atoms with E-state index in [-0.39, 0.29) is 10.6 Å². The van der Waals surface area contributed by atoms with Gasteiger partial charge in [0.15, 0.2) is 0 Å². The van der Waals surface area contributed by atoms with Gasteiger partial charge in [0.1, 0.15) is 0 Å². The van der Waals surface area contributed by atoms with Crippen molar-refractivity contribution in [3.05, 3.63) is 70.4 Å². The highest BCUT2D eigenvalue weighted by molar-refractivity contribution is 5.81. The second-order valence-electron chi connectivity index (χ2n) is 5.82. The molecule has 0 atom stereocenters. The van der Waals surface area contributed by atoms with Crippen LogP contribution < -0.4 is 0 Å². The maximum Gasteiger partial charge on any atom is 0.270 e. The van der Waals surface area contributed by atoms with Crippen molar-refractivity contribution in [1.29, 1.82) is 0 Å². The van der Waals surface area contributed by atoms with Crippen molar-refractivity contribution in [3.63, 3.8) is 0 Å². The standard InChI is InChI=1S/C18H20N4O2/c1-2-10-20(13-15-6-4-3-5-7-15)14-21-18-9-8-17(22(23)24)11-16(18)12-19-21/h3-9,11-12H,2,10,13-14H2,1H3. The Morgan fingerprint density at radius 1 is 1.21 bits per heavy atom. The fourth-order valence-electron chi connectivity index (χ4n) is 2.85. The van der Waals surface area contributed by atoms with Gasteiger partial charge in [0, 0.05) is 24.1 Å². The first-order chi connectivity index (χ1) is 11.7. The molecular weight excluding hydrogens is 304 g/mol. The number of nitro benzene ring substituents is 1. The molecule has 0 aliphatic carbocycles. The minimum absolute atomic E-state index is 0.0942. The lowest BCUT2D eigenvalue weighted by atomic mass is 10.2. The van der Waals surface area contributed by atoms with Gasteiger partial charge >= 0.3 is 0 Å². The van der Waals surface area contributed by atoms with E-state index < -0.39 is 0 Å². The predicted octanol–water partition coefficient (Wildman–Crippen LogP) is 3.81. The third-order valence-corrected chi connectivity index (χ3v) is 3.96. The number of benzene rings is 2. The van der Waals surface area contributed by atoms with E-state index in [9.17, 15) is 10.1 Å². The summed E-state index contributed by atoms with van der Waals surface area (Å²) in [5.74, 6) is 0. The highest BCUT2D eigenvalue weighted by Gasteiger charge is 2.12. The number of aromatic nitrogens is 2. The summed E-state index contributed by atoms with van der Waals surface area (Å²) in [7, 11) is 0. The zero-order chi connectivity index (χ0) is 16.9. The van der Waals surface area contributed by atoms with Crippen LogP contribution in [-0.4, -0.2) is 26.1 Å². The minimum Gasteiger partial charge on any atom is -0.280 e. The van der Waals surface area contributed by atoms with Crippen LogP contribution >= 0.6 is 0 Å². The summed E-state index contributed by atoms with van der Waals surface area (Å²) >= 11 is 0. The van der Waals surface area contributed by atoms with Crippen LogP contribution in [0.25, 0.3) is 10.9 Å². The first-order valence-electron chi connectivity index (χ1n) is 8.03. The number of hydrogen-bond acceptors (Lipinski definition) is 4. The number of rotatable bonds is 7. The van der Waals surface area contributed by atoms with E-state index in [1.165, 1.54) is 11.6 Å². The Hall–Kier alpha value is -2.73.